The second kappa shape index (κ2) is 5.84. The van der Waals surface area contributed by atoms with Crippen LogP contribution in [0.4, 0.5) is 0 Å². The van der Waals surface area contributed by atoms with Gasteiger partial charge in [-0.05, 0) is 44.0 Å². The first-order chi connectivity index (χ1) is 11.3. The zero-order chi connectivity index (χ0) is 15.8. The van der Waals surface area contributed by atoms with E-state index >= 15 is 0 Å². The number of hydrogen-bond donors (Lipinski definition) is 2. The first kappa shape index (κ1) is 14.5. The Morgan fingerprint density at radius 3 is 2.70 bits per heavy atom. The number of nitrogens with zero attached hydrogens (tertiary/aromatic N) is 3. The summed E-state index contributed by atoms with van der Waals surface area (Å²) in [6.45, 7) is 4.27. The maximum Gasteiger partial charge on any atom is 0.326 e. The lowest BCUT2D eigenvalue weighted by molar-refractivity contribution is 0.143. The van der Waals surface area contributed by atoms with Gasteiger partial charge in [0, 0.05) is 31.7 Å². The van der Waals surface area contributed by atoms with E-state index in [4.69, 9.17) is 5.26 Å². The molecule has 2 N–H and O–H groups in total. The highest BCUT2D eigenvalue weighted by molar-refractivity contribution is 5.77. The topological polar surface area (TPSA) is 76.8 Å². The molecule has 0 aliphatic carbocycles. The van der Waals surface area contributed by atoms with Crippen LogP contribution in [0.1, 0.15) is 30.9 Å². The van der Waals surface area contributed by atoms with Crippen LogP contribution in [0, 0.1) is 11.3 Å². The molecule has 2 saturated heterocycles. The summed E-state index contributed by atoms with van der Waals surface area (Å²) < 4.78 is 1.86. The van der Waals surface area contributed by atoms with Gasteiger partial charge < -0.3 is 10.3 Å². The van der Waals surface area contributed by atoms with Gasteiger partial charge in [-0.3, -0.25) is 9.47 Å². The molecule has 0 saturated carbocycles. The van der Waals surface area contributed by atoms with E-state index in [1.165, 1.54) is 6.42 Å². The van der Waals surface area contributed by atoms with Crippen LogP contribution in [-0.2, 0) is 0 Å². The van der Waals surface area contributed by atoms with E-state index in [2.05, 4.69) is 21.3 Å². The minimum absolute atomic E-state index is 0.0592. The third-order valence-electron chi connectivity index (χ3n) is 5.26. The van der Waals surface area contributed by atoms with Gasteiger partial charge in [-0.25, -0.2) is 4.79 Å². The van der Waals surface area contributed by atoms with Gasteiger partial charge in [-0.15, -0.1) is 0 Å². The Kier molecular flexibility index (Phi) is 3.68. The molecular weight excluding hydrogens is 290 g/mol. The lowest BCUT2D eigenvalue weighted by Crippen LogP contribution is -2.43. The van der Waals surface area contributed by atoms with Crippen molar-refractivity contribution in [1.29, 1.82) is 5.26 Å². The highest BCUT2D eigenvalue weighted by atomic mass is 16.1. The molecule has 0 bridgehead atoms. The number of benzene rings is 1. The van der Waals surface area contributed by atoms with E-state index in [0.717, 1.165) is 50.1 Å². The number of piperidine rings is 1. The normalized spacial score (nSPS) is 23.3. The molecule has 3 heterocycles. The molecule has 2 aliphatic heterocycles. The summed E-state index contributed by atoms with van der Waals surface area (Å²) in [5.74, 6) is 0. The molecule has 6 heteroatoms. The van der Waals surface area contributed by atoms with E-state index in [9.17, 15) is 4.79 Å². The Morgan fingerprint density at radius 1 is 1.17 bits per heavy atom. The summed E-state index contributed by atoms with van der Waals surface area (Å²) in [5.41, 5.74) is 2.21. The zero-order valence-corrected chi connectivity index (χ0v) is 13.1. The van der Waals surface area contributed by atoms with Gasteiger partial charge in [0.25, 0.3) is 0 Å². The second-order valence-electron chi connectivity index (χ2n) is 6.56. The van der Waals surface area contributed by atoms with Crippen LogP contribution in [0.15, 0.2) is 23.0 Å². The first-order valence-corrected chi connectivity index (χ1v) is 8.35. The number of nitrogens with one attached hydrogen (secondary N) is 2. The number of aromatic nitrogens is 2. The molecule has 0 radical (unpaired) electrons. The largest absolute Gasteiger partial charge is 0.326 e. The van der Waals surface area contributed by atoms with E-state index in [1.807, 2.05) is 16.7 Å². The van der Waals surface area contributed by atoms with Gasteiger partial charge in [0.15, 0.2) is 0 Å². The van der Waals surface area contributed by atoms with Crippen LogP contribution in [-0.4, -0.2) is 46.7 Å². The molecule has 4 rings (SSSR count). The van der Waals surface area contributed by atoms with Crippen molar-refractivity contribution < 1.29 is 0 Å². The monoisotopic (exact) mass is 311 g/mol. The Morgan fingerprint density at radius 2 is 2.00 bits per heavy atom. The van der Waals surface area contributed by atoms with Gasteiger partial charge >= 0.3 is 5.69 Å². The number of fused-ring (bicyclic) bond motifs is 1. The number of hydrogen-bond acceptors (Lipinski definition) is 4. The van der Waals surface area contributed by atoms with Gasteiger partial charge in [0.05, 0.1) is 22.7 Å². The summed E-state index contributed by atoms with van der Waals surface area (Å²) in [7, 11) is 0. The zero-order valence-electron chi connectivity index (χ0n) is 13.1. The van der Waals surface area contributed by atoms with Crippen molar-refractivity contribution in [3.63, 3.8) is 0 Å². The number of rotatable bonds is 2. The summed E-state index contributed by atoms with van der Waals surface area (Å²) in [5, 5.41) is 12.5. The van der Waals surface area contributed by atoms with Crippen LogP contribution < -0.4 is 11.0 Å². The molecule has 6 nitrogen and oxygen atoms in total. The second-order valence-corrected chi connectivity index (χ2v) is 6.56. The van der Waals surface area contributed by atoms with Crippen molar-refractivity contribution in [3.8, 4) is 6.07 Å². The smallest absolute Gasteiger partial charge is 0.315 e. The lowest BCUT2D eigenvalue weighted by atomic mass is 10.0. The molecule has 120 valence electrons. The van der Waals surface area contributed by atoms with E-state index in [0.29, 0.717) is 11.6 Å². The van der Waals surface area contributed by atoms with Crippen molar-refractivity contribution in [2.24, 2.45) is 0 Å². The van der Waals surface area contributed by atoms with Gasteiger partial charge in [-0.1, -0.05) is 0 Å². The van der Waals surface area contributed by atoms with Crippen LogP contribution in [0.3, 0.4) is 0 Å². The maximum atomic E-state index is 12.4. The molecule has 2 fully saturated rings. The fourth-order valence-electron chi connectivity index (χ4n) is 4.01. The number of likely N-dealkylation sites (tertiary alicyclic amines) is 1. The minimum atomic E-state index is -0.0592. The number of imidazole rings is 1. The van der Waals surface area contributed by atoms with E-state index in [-0.39, 0.29) is 11.7 Å². The van der Waals surface area contributed by atoms with Crippen molar-refractivity contribution in [1.82, 2.24) is 19.8 Å². The van der Waals surface area contributed by atoms with Gasteiger partial charge in [0.1, 0.15) is 0 Å². The number of aromatic amines is 1. The Labute approximate surface area is 134 Å². The van der Waals surface area contributed by atoms with E-state index < -0.39 is 0 Å². The predicted octanol–water partition coefficient (Wildman–Crippen LogP) is 1.20. The van der Waals surface area contributed by atoms with Crippen molar-refractivity contribution >= 4 is 11.0 Å². The number of nitriles is 1. The van der Waals surface area contributed by atoms with Crippen LogP contribution in [0.25, 0.3) is 11.0 Å². The van der Waals surface area contributed by atoms with E-state index in [1.54, 1.807) is 6.07 Å². The molecule has 23 heavy (non-hydrogen) atoms. The Bertz CT molecular complexity index is 800. The number of H-pyrrole nitrogens is 1. The highest BCUT2D eigenvalue weighted by Gasteiger charge is 2.28. The Hall–Kier alpha value is -2.10. The minimum Gasteiger partial charge on any atom is -0.315 e. The SMILES string of the molecule is N#Cc1ccc2[nH]c(=O)n(C3CCN([C@H]4CCNC4)CC3)c2c1. The summed E-state index contributed by atoms with van der Waals surface area (Å²) in [6, 6.07) is 8.42. The summed E-state index contributed by atoms with van der Waals surface area (Å²) in [4.78, 5) is 17.8. The van der Waals surface area contributed by atoms with Crippen LogP contribution in [0.5, 0.6) is 0 Å². The van der Waals surface area contributed by atoms with Crippen molar-refractivity contribution in [2.45, 2.75) is 31.3 Å². The van der Waals surface area contributed by atoms with Crippen molar-refractivity contribution in [2.75, 3.05) is 26.2 Å². The third-order valence-corrected chi connectivity index (χ3v) is 5.26. The average Bonchev–Trinajstić information content (AvgIpc) is 3.21. The third kappa shape index (κ3) is 2.56. The molecule has 0 amide bonds. The quantitative estimate of drug-likeness (QED) is 0.874. The average molecular weight is 311 g/mol. The predicted molar refractivity (Wildman–Crippen MR) is 88.4 cm³/mol. The van der Waals surface area contributed by atoms with Gasteiger partial charge in [0.2, 0.25) is 0 Å². The molecule has 2 aliphatic rings. The lowest BCUT2D eigenvalue weighted by Gasteiger charge is -2.36. The Balaban J connectivity index is 1.59. The molecule has 1 aromatic heterocycles. The standard InChI is InChI=1S/C17H21N5O/c18-10-12-1-2-15-16(9-12)22(17(23)20-15)13-4-7-21(8-5-13)14-3-6-19-11-14/h1-2,9,13-14,19H,3-8,11H2,(H,20,23)/t14-/m0/s1. The molecule has 1 aromatic carbocycles. The van der Waals surface area contributed by atoms with Gasteiger partial charge in [-0.2, -0.15) is 5.26 Å². The first-order valence-electron chi connectivity index (χ1n) is 8.35. The van der Waals surface area contributed by atoms with Crippen molar-refractivity contribution in [3.05, 3.63) is 34.2 Å². The fraction of sp³-hybridized carbons (Fsp3) is 0.529. The highest BCUT2D eigenvalue weighted by Crippen LogP contribution is 2.27. The molecule has 0 spiro atoms. The maximum absolute atomic E-state index is 12.4. The summed E-state index contributed by atoms with van der Waals surface area (Å²) in [6.07, 6.45) is 3.20. The fourth-order valence-corrected chi connectivity index (χ4v) is 4.01. The van der Waals surface area contributed by atoms with Crippen LogP contribution >= 0.6 is 0 Å². The molecular formula is C17H21N5O. The molecule has 0 unspecified atom stereocenters. The molecule has 2 aromatic rings. The van der Waals surface area contributed by atoms with Crippen LogP contribution in [0.2, 0.25) is 0 Å². The summed E-state index contributed by atoms with van der Waals surface area (Å²) >= 11 is 0. The molecule has 1 atom stereocenters.